The molecular formula is C18H23NO. The maximum atomic E-state index is 6.07. The lowest BCUT2D eigenvalue weighted by Gasteiger charge is -2.13. The summed E-state index contributed by atoms with van der Waals surface area (Å²) < 4.78 is 6.07. The average Bonchev–Trinajstić information content (AvgIpc) is 2.48. The van der Waals surface area contributed by atoms with Crippen LogP contribution in [-0.4, -0.2) is 6.54 Å². The average molecular weight is 269 g/mol. The minimum Gasteiger partial charge on any atom is -0.457 e. The van der Waals surface area contributed by atoms with Crippen LogP contribution in [0.2, 0.25) is 0 Å². The summed E-state index contributed by atoms with van der Waals surface area (Å²) in [6.07, 6.45) is 0.980. The van der Waals surface area contributed by atoms with Crippen molar-refractivity contribution < 1.29 is 4.74 Å². The molecule has 0 amide bonds. The molecule has 0 aliphatic heterocycles. The summed E-state index contributed by atoms with van der Waals surface area (Å²) in [5, 5.41) is 3.34. The molecule has 0 radical (unpaired) electrons. The van der Waals surface area contributed by atoms with Crippen molar-refractivity contribution in [3.63, 3.8) is 0 Å². The van der Waals surface area contributed by atoms with E-state index in [0.29, 0.717) is 0 Å². The summed E-state index contributed by atoms with van der Waals surface area (Å²) in [4.78, 5) is 0. The quantitative estimate of drug-likeness (QED) is 0.836. The van der Waals surface area contributed by atoms with Gasteiger partial charge >= 0.3 is 0 Å². The van der Waals surface area contributed by atoms with E-state index in [1.165, 1.54) is 16.7 Å². The summed E-state index contributed by atoms with van der Waals surface area (Å²) in [5.74, 6) is 1.89. The first kappa shape index (κ1) is 14.6. The van der Waals surface area contributed by atoms with Gasteiger partial charge in [-0.1, -0.05) is 44.2 Å². The lowest BCUT2D eigenvalue weighted by atomic mass is 10.1. The van der Waals surface area contributed by atoms with Crippen molar-refractivity contribution in [3.8, 4) is 11.5 Å². The van der Waals surface area contributed by atoms with Crippen LogP contribution in [-0.2, 0) is 13.0 Å². The lowest BCUT2D eigenvalue weighted by Crippen LogP contribution is -2.11. The molecule has 0 unspecified atom stereocenters. The van der Waals surface area contributed by atoms with Gasteiger partial charge in [-0.25, -0.2) is 0 Å². The molecule has 106 valence electrons. The van der Waals surface area contributed by atoms with E-state index >= 15 is 0 Å². The van der Waals surface area contributed by atoms with Gasteiger partial charge in [0.05, 0.1) is 0 Å². The number of ether oxygens (including phenoxy) is 1. The maximum absolute atomic E-state index is 6.07. The van der Waals surface area contributed by atoms with Crippen molar-refractivity contribution in [2.75, 3.05) is 6.54 Å². The second-order valence-electron chi connectivity index (χ2n) is 4.94. The molecule has 0 saturated heterocycles. The normalized spacial score (nSPS) is 10.6. The summed E-state index contributed by atoms with van der Waals surface area (Å²) >= 11 is 0. The highest BCUT2D eigenvalue weighted by Crippen LogP contribution is 2.28. The van der Waals surface area contributed by atoms with Crippen molar-refractivity contribution in [2.45, 2.75) is 33.7 Å². The molecule has 0 saturated carbocycles. The smallest absolute Gasteiger partial charge is 0.130 e. The standard InChI is InChI=1S/C18H23NO/c1-4-16-8-6-7-9-18(16)20-17-11-10-15(12-14(17)3)13-19-5-2/h6-12,19H,4-5,13H2,1-3H3. The van der Waals surface area contributed by atoms with E-state index in [9.17, 15) is 0 Å². The van der Waals surface area contributed by atoms with Gasteiger partial charge < -0.3 is 10.1 Å². The van der Waals surface area contributed by atoms with Crippen LogP contribution < -0.4 is 10.1 Å². The zero-order valence-electron chi connectivity index (χ0n) is 12.6. The third kappa shape index (κ3) is 3.61. The van der Waals surface area contributed by atoms with Crippen molar-refractivity contribution in [1.82, 2.24) is 5.32 Å². The molecule has 0 bridgehead atoms. The van der Waals surface area contributed by atoms with Crippen LogP contribution in [0.1, 0.15) is 30.5 Å². The van der Waals surface area contributed by atoms with E-state index in [0.717, 1.165) is 31.0 Å². The number of benzene rings is 2. The van der Waals surface area contributed by atoms with Crippen molar-refractivity contribution in [2.24, 2.45) is 0 Å². The molecule has 0 atom stereocenters. The second-order valence-corrected chi connectivity index (χ2v) is 4.94. The molecule has 20 heavy (non-hydrogen) atoms. The Hall–Kier alpha value is -1.80. The molecule has 0 aliphatic carbocycles. The summed E-state index contributed by atoms with van der Waals surface area (Å²) in [6.45, 7) is 8.25. The number of aryl methyl sites for hydroxylation is 2. The Morgan fingerprint density at radius 3 is 2.50 bits per heavy atom. The van der Waals surface area contributed by atoms with Gasteiger partial charge in [-0.05, 0) is 48.7 Å². The molecule has 2 rings (SSSR count). The van der Waals surface area contributed by atoms with Gasteiger partial charge in [0.2, 0.25) is 0 Å². The third-order valence-electron chi connectivity index (χ3n) is 3.39. The first-order valence-corrected chi connectivity index (χ1v) is 7.30. The van der Waals surface area contributed by atoms with Crippen LogP contribution in [0.15, 0.2) is 42.5 Å². The first-order chi connectivity index (χ1) is 9.74. The van der Waals surface area contributed by atoms with Crippen molar-refractivity contribution >= 4 is 0 Å². The van der Waals surface area contributed by atoms with E-state index < -0.39 is 0 Å². The van der Waals surface area contributed by atoms with Crippen LogP contribution in [0.5, 0.6) is 11.5 Å². The van der Waals surface area contributed by atoms with Gasteiger partial charge in [0.25, 0.3) is 0 Å². The van der Waals surface area contributed by atoms with Gasteiger partial charge in [-0.3, -0.25) is 0 Å². The Bertz CT molecular complexity index is 563. The molecule has 2 nitrogen and oxygen atoms in total. The molecule has 2 aromatic carbocycles. The monoisotopic (exact) mass is 269 g/mol. The van der Waals surface area contributed by atoms with Crippen LogP contribution in [0.3, 0.4) is 0 Å². The molecule has 1 N–H and O–H groups in total. The summed E-state index contributed by atoms with van der Waals surface area (Å²) in [6, 6.07) is 14.6. The molecule has 0 aliphatic rings. The highest BCUT2D eigenvalue weighted by atomic mass is 16.5. The first-order valence-electron chi connectivity index (χ1n) is 7.30. The zero-order chi connectivity index (χ0) is 14.4. The number of hydrogen-bond acceptors (Lipinski definition) is 2. The van der Waals surface area contributed by atoms with E-state index in [1.807, 2.05) is 12.1 Å². The topological polar surface area (TPSA) is 21.3 Å². The fourth-order valence-corrected chi connectivity index (χ4v) is 2.22. The molecule has 2 aromatic rings. The van der Waals surface area contributed by atoms with E-state index in [1.54, 1.807) is 0 Å². The molecule has 2 heteroatoms. The Balaban J connectivity index is 2.17. The minimum absolute atomic E-state index is 0.906. The van der Waals surface area contributed by atoms with E-state index in [4.69, 9.17) is 4.74 Å². The zero-order valence-corrected chi connectivity index (χ0v) is 12.6. The predicted octanol–water partition coefficient (Wildman–Crippen LogP) is 4.46. The van der Waals surface area contributed by atoms with E-state index in [2.05, 4.69) is 56.4 Å². The van der Waals surface area contributed by atoms with Crippen molar-refractivity contribution in [1.29, 1.82) is 0 Å². The van der Waals surface area contributed by atoms with Gasteiger partial charge in [0.15, 0.2) is 0 Å². The van der Waals surface area contributed by atoms with Crippen LogP contribution in [0.4, 0.5) is 0 Å². The molecule has 0 aromatic heterocycles. The Morgan fingerprint density at radius 2 is 1.80 bits per heavy atom. The van der Waals surface area contributed by atoms with Crippen LogP contribution >= 0.6 is 0 Å². The second kappa shape index (κ2) is 7.11. The molecular weight excluding hydrogens is 246 g/mol. The van der Waals surface area contributed by atoms with Crippen LogP contribution in [0, 0.1) is 6.92 Å². The lowest BCUT2D eigenvalue weighted by molar-refractivity contribution is 0.473. The van der Waals surface area contributed by atoms with Gasteiger partial charge in [-0.2, -0.15) is 0 Å². The number of para-hydroxylation sites is 1. The van der Waals surface area contributed by atoms with Gasteiger partial charge in [0.1, 0.15) is 11.5 Å². The summed E-state index contributed by atoms with van der Waals surface area (Å²) in [5.41, 5.74) is 3.70. The Kier molecular flexibility index (Phi) is 5.19. The minimum atomic E-state index is 0.906. The maximum Gasteiger partial charge on any atom is 0.130 e. The molecule has 0 spiro atoms. The SMILES string of the molecule is CCNCc1ccc(Oc2ccccc2CC)c(C)c1. The van der Waals surface area contributed by atoms with Crippen molar-refractivity contribution in [3.05, 3.63) is 59.2 Å². The van der Waals surface area contributed by atoms with Crippen LogP contribution in [0.25, 0.3) is 0 Å². The predicted molar refractivity (Wildman–Crippen MR) is 84.5 cm³/mol. The third-order valence-corrected chi connectivity index (χ3v) is 3.39. The number of rotatable bonds is 6. The Labute approximate surface area is 121 Å². The molecule has 0 fully saturated rings. The van der Waals surface area contributed by atoms with Gasteiger partial charge in [0, 0.05) is 6.54 Å². The van der Waals surface area contributed by atoms with Gasteiger partial charge in [-0.15, -0.1) is 0 Å². The highest BCUT2D eigenvalue weighted by Gasteiger charge is 2.06. The van der Waals surface area contributed by atoms with E-state index in [-0.39, 0.29) is 0 Å². The number of nitrogens with one attached hydrogen (secondary N) is 1. The highest BCUT2D eigenvalue weighted by molar-refractivity contribution is 5.42. The number of hydrogen-bond donors (Lipinski definition) is 1. The fraction of sp³-hybridized carbons (Fsp3) is 0.333. The largest absolute Gasteiger partial charge is 0.457 e. The Morgan fingerprint density at radius 1 is 1.00 bits per heavy atom. The summed E-state index contributed by atoms with van der Waals surface area (Å²) in [7, 11) is 0. The fourth-order valence-electron chi connectivity index (χ4n) is 2.22. The molecule has 0 heterocycles.